The molecule has 0 radical (unpaired) electrons. The summed E-state index contributed by atoms with van der Waals surface area (Å²) in [4.78, 5) is 12.1. The Morgan fingerprint density at radius 3 is 2.40 bits per heavy atom. The van der Waals surface area contributed by atoms with Gasteiger partial charge in [-0.25, -0.2) is 0 Å². The number of amides is 1. The first-order valence-electron chi connectivity index (χ1n) is 6.04. The molecule has 0 saturated heterocycles. The highest BCUT2D eigenvalue weighted by Crippen LogP contribution is 2.22. The Hall–Kier alpha value is -1.33. The molecule has 20 heavy (non-hydrogen) atoms. The maximum absolute atomic E-state index is 12.1. The number of nitrogens with one attached hydrogen (secondary N) is 1. The zero-order chi connectivity index (χ0) is 14.5. The number of carbonyl (C=O) groups excluding carboxylic acids is 1. The van der Waals surface area contributed by atoms with Crippen LogP contribution < -0.4 is 10.1 Å². The van der Waals surface area contributed by atoms with Crippen LogP contribution >= 0.6 is 31.9 Å². The Labute approximate surface area is 134 Å². The van der Waals surface area contributed by atoms with Gasteiger partial charge in [0.05, 0.1) is 5.69 Å². The van der Waals surface area contributed by atoms with Gasteiger partial charge < -0.3 is 10.1 Å². The third-order valence-electron chi connectivity index (χ3n) is 2.63. The number of benzene rings is 2. The van der Waals surface area contributed by atoms with Crippen molar-refractivity contribution in [2.45, 2.75) is 13.0 Å². The average molecular weight is 399 g/mol. The highest BCUT2D eigenvalue weighted by atomic mass is 79.9. The van der Waals surface area contributed by atoms with Gasteiger partial charge in [-0.1, -0.05) is 28.1 Å². The van der Waals surface area contributed by atoms with Crippen molar-refractivity contribution in [2.75, 3.05) is 5.32 Å². The molecule has 0 aliphatic carbocycles. The summed E-state index contributed by atoms with van der Waals surface area (Å²) in [6.07, 6.45) is -0.580. The Morgan fingerprint density at radius 2 is 1.75 bits per heavy atom. The number of ether oxygens (including phenoxy) is 1. The Balaban J connectivity index is 1.99. The SMILES string of the molecule is CC(Oc1ccc(Br)cc1)C(=O)Nc1ccccc1Br. The predicted octanol–water partition coefficient (Wildman–Crippen LogP) is 4.62. The molecule has 0 aromatic heterocycles. The van der Waals surface area contributed by atoms with E-state index in [1.807, 2.05) is 48.5 Å². The molecular weight excluding hydrogens is 386 g/mol. The largest absolute Gasteiger partial charge is 0.481 e. The minimum Gasteiger partial charge on any atom is -0.481 e. The highest BCUT2D eigenvalue weighted by molar-refractivity contribution is 9.10. The fraction of sp³-hybridized carbons (Fsp3) is 0.133. The smallest absolute Gasteiger partial charge is 0.265 e. The van der Waals surface area contributed by atoms with Crippen molar-refractivity contribution < 1.29 is 9.53 Å². The van der Waals surface area contributed by atoms with E-state index in [0.717, 1.165) is 14.6 Å². The topological polar surface area (TPSA) is 38.3 Å². The van der Waals surface area contributed by atoms with E-state index in [9.17, 15) is 4.79 Å². The summed E-state index contributed by atoms with van der Waals surface area (Å²) in [6.45, 7) is 1.72. The predicted molar refractivity (Wildman–Crippen MR) is 87.0 cm³/mol. The maximum atomic E-state index is 12.1. The summed E-state index contributed by atoms with van der Waals surface area (Å²) >= 11 is 6.74. The number of para-hydroxylation sites is 1. The number of carbonyl (C=O) groups is 1. The second-order valence-electron chi connectivity index (χ2n) is 4.18. The molecule has 104 valence electrons. The van der Waals surface area contributed by atoms with Crippen LogP contribution in [0.25, 0.3) is 0 Å². The first-order chi connectivity index (χ1) is 9.56. The highest BCUT2D eigenvalue weighted by Gasteiger charge is 2.15. The van der Waals surface area contributed by atoms with Crippen molar-refractivity contribution in [3.8, 4) is 5.75 Å². The number of halogens is 2. The summed E-state index contributed by atoms with van der Waals surface area (Å²) in [5.74, 6) is 0.461. The number of rotatable bonds is 4. The van der Waals surface area contributed by atoms with Gasteiger partial charge in [-0.3, -0.25) is 4.79 Å². The van der Waals surface area contributed by atoms with E-state index in [1.165, 1.54) is 0 Å². The number of hydrogen-bond acceptors (Lipinski definition) is 2. The Kier molecular flexibility index (Phi) is 5.20. The molecule has 0 saturated carbocycles. The zero-order valence-electron chi connectivity index (χ0n) is 10.8. The van der Waals surface area contributed by atoms with Crippen LogP contribution in [0.1, 0.15) is 6.92 Å². The Bertz CT molecular complexity index is 599. The van der Waals surface area contributed by atoms with Crippen LogP contribution in [0.3, 0.4) is 0 Å². The molecule has 2 aromatic rings. The van der Waals surface area contributed by atoms with Crippen molar-refractivity contribution in [1.82, 2.24) is 0 Å². The summed E-state index contributed by atoms with van der Waals surface area (Å²) < 4.78 is 7.40. The normalized spacial score (nSPS) is 11.8. The second kappa shape index (κ2) is 6.90. The fourth-order valence-electron chi connectivity index (χ4n) is 1.57. The molecule has 0 bridgehead atoms. The van der Waals surface area contributed by atoms with E-state index >= 15 is 0 Å². The molecule has 0 aliphatic heterocycles. The molecule has 1 amide bonds. The lowest BCUT2D eigenvalue weighted by molar-refractivity contribution is -0.122. The maximum Gasteiger partial charge on any atom is 0.265 e. The van der Waals surface area contributed by atoms with Crippen molar-refractivity contribution in [3.05, 3.63) is 57.5 Å². The third-order valence-corrected chi connectivity index (χ3v) is 3.85. The van der Waals surface area contributed by atoms with Gasteiger partial charge in [0.25, 0.3) is 5.91 Å². The van der Waals surface area contributed by atoms with E-state index in [1.54, 1.807) is 6.92 Å². The van der Waals surface area contributed by atoms with Crippen LogP contribution in [0.15, 0.2) is 57.5 Å². The van der Waals surface area contributed by atoms with Crippen LogP contribution in [-0.2, 0) is 4.79 Å². The molecule has 2 rings (SSSR count). The van der Waals surface area contributed by atoms with Crippen molar-refractivity contribution in [1.29, 1.82) is 0 Å². The quantitative estimate of drug-likeness (QED) is 0.815. The van der Waals surface area contributed by atoms with Crippen LogP contribution in [0.5, 0.6) is 5.75 Å². The van der Waals surface area contributed by atoms with Gasteiger partial charge >= 0.3 is 0 Å². The Morgan fingerprint density at radius 1 is 1.10 bits per heavy atom. The van der Waals surface area contributed by atoms with E-state index < -0.39 is 6.10 Å². The van der Waals surface area contributed by atoms with E-state index in [-0.39, 0.29) is 5.91 Å². The van der Waals surface area contributed by atoms with Crippen LogP contribution in [-0.4, -0.2) is 12.0 Å². The summed E-state index contributed by atoms with van der Waals surface area (Å²) in [6, 6.07) is 14.8. The lowest BCUT2D eigenvalue weighted by Gasteiger charge is -2.15. The first-order valence-corrected chi connectivity index (χ1v) is 7.62. The average Bonchev–Trinajstić information content (AvgIpc) is 2.44. The van der Waals surface area contributed by atoms with Crippen molar-refractivity contribution in [3.63, 3.8) is 0 Å². The van der Waals surface area contributed by atoms with Crippen LogP contribution in [0.4, 0.5) is 5.69 Å². The van der Waals surface area contributed by atoms with Crippen LogP contribution in [0, 0.1) is 0 Å². The zero-order valence-corrected chi connectivity index (χ0v) is 13.9. The third kappa shape index (κ3) is 4.08. The van der Waals surface area contributed by atoms with E-state index in [4.69, 9.17) is 4.74 Å². The molecule has 1 atom stereocenters. The van der Waals surface area contributed by atoms with Gasteiger partial charge in [0.2, 0.25) is 0 Å². The fourth-order valence-corrected chi connectivity index (χ4v) is 2.22. The van der Waals surface area contributed by atoms with Crippen LogP contribution in [0.2, 0.25) is 0 Å². The lowest BCUT2D eigenvalue weighted by Crippen LogP contribution is -2.30. The molecule has 0 aliphatic rings. The van der Waals surface area contributed by atoms with Crippen molar-refractivity contribution in [2.24, 2.45) is 0 Å². The molecule has 1 unspecified atom stereocenters. The van der Waals surface area contributed by atoms with Gasteiger partial charge in [-0.15, -0.1) is 0 Å². The van der Waals surface area contributed by atoms with Crippen molar-refractivity contribution >= 4 is 43.5 Å². The molecule has 0 fully saturated rings. The molecule has 0 spiro atoms. The standard InChI is InChI=1S/C15H13Br2NO2/c1-10(20-12-8-6-11(16)7-9-12)15(19)18-14-5-3-2-4-13(14)17/h2-10H,1H3,(H,18,19). The summed E-state index contributed by atoms with van der Waals surface area (Å²) in [5.41, 5.74) is 0.726. The van der Waals surface area contributed by atoms with Gasteiger partial charge in [-0.2, -0.15) is 0 Å². The first kappa shape index (κ1) is 15.1. The molecule has 1 N–H and O–H groups in total. The molecule has 3 nitrogen and oxygen atoms in total. The summed E-state index contributed by atoms with van der Waals surface area (Å²) in [5, 5.41) is 2.82. The second-order valence-corrected chi connectivity index (χ2v) is 5.95. The summed E-state index contributed by atoms with van der Waals surface area (Å²) in [7, 11) is 0. The minimum atomic E-state index is -0.580. The molecular formula is C15H13Br2NO2. The van der Waals surface area contributed by atoms with E-state index in [0.29, 0.717) is 5.75 Å². The monoisotopic (exact) mass is 397 g/mol. The molecule has 5 heteroatoms. The van der Waals surface area contributed by atoms with Gasteiger partial charge in [0.15, 0.2) is 6.10 Å². The number of anilines is 1. The van der Waals surface area contributed by atoms with E-state index in [2.05, 4.69) is 37.2 Å². The minimum absolute atomic E-state index is 0.195. The molecule has 2 aromatic carbocycles. The van der Waals surface area contributed by atoms with Gasteiger partial charge in [0.1, 0.15) is 5.75 Å². The van der Waals surface area contributed by atoms with Gasteiger partial charge in [-0.05, 0) is 59.3 Å². The van der Waals surface area contributed by atoms with Gasteiger partial charge in [0, 0.05) is 8.95 Å². The molecule has 0 heterocycles. The number of hydrogen-bond donors (Lipinski definition) is 1. The lowest BCUT2D eigenvalue weighted by atomic mass is 10.3.